The van der Waals surface area contributed by atoms with Gasteiger partial charge in [-0.2, -0.15) is 0 Å². The molecule has 0 aromatic heterocycles. The summed E-state index contributed by atoms with van der Waals surface area (Å²) < 4.78 is 5.36. The third-order valence-electron chi connectivity index (χ3n) is 3.42. The quantitative estimate of drug-likeness (QED) is 0.788. The fourth-order valence-electron chi connectivity index (χ4n) is 2.74. The second-order valence-corrected chi connectivity index (χ2v) is 6.61. The molecule has 1 aliphatic rings. The van der Waals surface area contributed by atoms with E-state index in [-0.39, 0.29) is 29.5 Å². The molecular formula is C14H28N2O2. The summed E-state index contributed by atoms with van der Waals surface area (Å²) in [6.45, 7) is 6.42. The zero-order chi connectivity index (χ0) is 13.8. The molecule has 4 nitrogen and oxygen atoms in total. The first-order valence-electron chi connectivity index (χ1n) is 6.89. The molecule has 0 aliphatic heterocycles. The van der Waals surface area contributed by atoms with Gasteiger partial charge in [-0.05, 0) is 31.1 Å². The van der Waals surface area contributed by atoms with E-state index in [9.17, 15) is 4.79 Å². The molecule has 3 unspecified atom stereocenters. The second-order valence-electron chi connectivity index (χ2n) is 6.61. The van der Waals surface area contributed by atoms with Crippen LogP contribution in [0.3, 0.4) is 0 Å². The number of ether oxygens (including phenoxy) is 1. The summed E-state index contributed by atoms with van der Waals surface area (Å²) in [6, 6.07) is 0.108. The van der Waals surface area contributed by atoms with Gasteiger partial charge in [-0.25, -0.2) is 0 Å². The maximum absolute atomic E-state index is 11.9. The SMILES string of the molecule is COC1CCCC1NC(=O)CC(N)CC(C)(C)C. The van der Waals surface area contributed by atoms with Crippen LogP contribution in [0.4, 0.5) is 0 Å². The summed E-state index contributed by atoms with van der Waals surface area (Å²) in [7, 11) is 1.71. The highest BCUT2D eigenvalue weighted by molar-refractivity contribution is 5.77. The van der Waals surface area contributed by atoms with Gasteiger partial charge in [-0.3, -0.25) is 4.79 Å². The van der Waals surface area contributed by atoms with Gasteiger partial charge in [0.05, 0.1) is 12.1 Å². The second kappa shape index (κ2) is 6.53. The summed E-state index contributed by atoms with van der Waals surface area (Å²) >= 11 is 0. The maximum Gasteiger partial charge on any atom is 0.221 e. The average Bonchev–Trinajstić information content (AvgIpc) is 2.61. The minimum atomic E-state index is -0.0626. The minimum absolute atomic E-state index is 0.0562. The molecule has 0 heterocycles. The van der Waals surface area contributed by atoms with Gasteiger partial charge in [0.2, 0.25) is 5.91 Å². The smallest absolute Gasteiger partial charge is 0.221 e. The summed E-state index contributed by atoms with van der Waals surface area (Å²) in [6.07, 6.45) is 4.61. The Morgan fingerprint density at radius 1 is 1.44 bits per heavy atom. The summed E-state index contributed by atoms with van der Waals surface area (Å²) in [5.74, 6) is 0.0562. The van der Waals surface area contributed by atoms with Gasteiger partial charge in [0, 0.05) is 19.6 Å². The Hall–Kier alpha value is -0.610. The van der Waals surface area contributed by atoms with Crippen molar-refractivity contribution in [3.8, 4) is 0 Å². The van der Waals surface area contributed by atoms with Crippen LogP contribution in [0.1, 0.15) is 52.9 Å². The predicted octanol–water partition coefficient (Wildman–Crippen LogP) is 1.82. The number of rotatable bonds is 5. The Bertz CT molecular complexity index is 273. The first kappa shape index (κ1) is 15.4. The van der Waals surface area contributed by atoms with Crippen molar-refractivity contribution in [3.05, 3.63) is 0 Å². The molecule has 1 amide bonds. The zero-order valence-electron chi connectivity index (χ0n) is 12.2. The standard InChI is InChI=1S/C14H28N2O2/c1-14(2,3)9-10(15)8-13(17)16-11-6-5-7-12(11)18-4/h10-12H,5-9,15H2,1-4H3,(H,16,17). The van der Waals surface area contributed by atoms with E-state index in [0.717, 1.165) is 25.7 Å². The maximum atomic E-state index is 11.9. The number of carbonyl (C=O) groups excluding carboxylic acids is 1. The lowest BCUT2D eigenvalue weighted by Gasteiger charge is -2.24. The fourth-order valence-corrected chi connectivity index (χ4v) is 2.74. The van der Waals surface area contributed by atoms with E-state index in [1.807, 2.05) is 0 Å². The number of nitrogens with one attached hydrogen (secondary N) is 1. The first-order chi connectivity index (χ1) is 8.31. The molecule has 0 bridgehead atoms. The lowest BCUT2D eigenvalue weighted by molar-refractivity contribution is -0.123. The molecule has 18 heavy (non-hydrogen) atoms. The fraction of sp³-hybridized carbons (Fsp3) is 0.929. The van der Waals surface area contributed by atoms with Gasteiger partial charge < -0.3 is 15.8 Å². The molecule has 1 fully saturated rings. The molecule has 1 saturated carbocycles. The van der Waals surface area contributed by atoms with Crippen LogP contribution < -0.4 is 11.1 Å². The average molecular weight is 256 g/mol. The van der Waals surface area contributed by atoms with E-state index < -0.39 is 0 Å². The van der Waals surface area contributed by atoms with Crippen molar-refractivity contribution < 1.29 is 9.53 Å². The topological polar surface area (TPSA) is 64.3 Å². The number of carbonyl (C=O) groups is 1. The van der Waals surface area contributed by atoms with Crippen molar-refractivity contribution >= 4 is 5.91 Å². The summed E-state index contributed by atoms with van der Waals surface area (Å²) in [5.41, 5.74) is 6.18. The predicted molar refractivity (Wildman–Crippen MR) is 73.2 cm³/mol. The van der Waals surface area contributed by atoms with E-state index in [1.165, 1.54) is 0 Å². The Balaban J connectivity index is 2.33. The Labute approximate surface area is 111 Å². The Kier molecular flexibility index (Phi) is 5.60. The number of hydrogen-bond acceptors (Lipinski definition) is 3. The van der Waals surface area contributed by atoms with Crippen LogP contribution in [0.25, 0.3) is 0 Å². The molecule has 1 aliphatic carbocycles. The van der Waals surface area contributed by atoms with Gasteiger partial charge in [-0.15, -0.1) is 0 Å². The van der Waals surface area contributed by atoms with Crippen molar-refractivity contribution in [1.82, 2.24) is 5.32 Å². The van der Waals surface area contributed by atoms with Crippen LogP contribution in [0.15, 0.2) is 0 Å². The number of methoxy groups -OCH3 is 1. The van der Waals surface area contributed by atoms with E-state index in [2.05, 4.69) is 26.1 Å². The Morgan fingerprint density at radius 3 is 2.67 bits per heavy atom. The third kappa shape index (κ3) is 5.36. The lowest BCUT2D eigenvalue weighted by atomic mass is 9.87. The van der Waals surface area contributed by atoms with Crippen molar-refractivity contribution in [1.29, 1.82) is 0 Å². The van der Waals surface area contributed by atoms with Crippen LogP contribution in [-0.4, -0.2) is 31.2 Å². The molecule has 0 aromatic carbocycles. The van der Waals surface area contributed by atoms with Gasteiger partial charge in [0.15, 0.2) is 0 Å². The molecular weight excluding hydrogens is 228 g/mol. The highest BCUT2D eigenvalue weighted by Gasteiger charge is 2.29. The van der Waals surface area contributed by atoms with Gasteiger partial charge in [0.25, 0.3) is 0 Å². The van der Waals surface area contributed by atoms with Crippen molar-refractivity contribution in [3.63, 3.8) is 0 Å². The Morgan fingerprint density at radius 2 is 2.11 bits per heavy atom. The van der Waals surface area contributed by atoms with Crippen molar-refractivity contribution in [2.45, 2.75) is 71.1 Å². The van der Waals surface area contributed by atoms with Crippen LogP contribution >= 0.6 is 0 Å². The highest BCUT2D eigenvalue weighted by Crippen LogP contribution is 2.23. The molecule has 0 saturated heterocycles. The van der Waals surface area contributed by atoms with E-state index in [0.29, 0.717) is 6.42 Å². The number of nitrogens with two attached hydrogens (primary N) is 1. The molecule has 4 heteroatoms. The summed E-state index contributed by atoms with van der Waals surface area (Å²) in [4.78, 5) is 11.9. The van der Waals surface area contributed by atoms with Crippen molar-refractivity contribution in [2.75, 3.05) is 7.11 Å². The largest absolute Gasteiger partial charge is 0.379 e. The normalized spacial score (nSPS) is 26.1. The molecule has 1 rings (SSSR count). The third-order valence-corrected chi connectivity index (χ3v) is 3.42. The van der Waals surface area contributed by atoms with Crippen LogP contribution in [0.2, 0.25) is 0 Å². The van der Waals surface area contributed by atoms with Crippen LogP contribution in [0.5, 0.6) is 0 Å². The van der Waals surface area contributed by atoms with Gasteiger partial charge in [-0.1, -0.05) is 20.8 Å². The number of amides is 1. The van der Waals surface area contributed by atoms with E-state index in [1.54, 1.807) is 7.11 Å². The van der Waals surface area contributed by atoms with E-state index in [4.69, 9.17) is 10.5 Å². The molecule has 0 aromatic rings. The molecule has 106 valence electrons. The first-order valence-corrected chi connectivity index (χ1v) is 6.89. The zero-order valence-corrected chi connectivity index (χ0v) is 12.2. The van der Waals surface area contributed by atoms with Crippen LogP contribution in [-0.2, 0) is 9.53 Å². The van der Waals surface area contributed by atoms with Crippen molar-refractivity contribution in [2.24, 2.45) is 11.1 Å². The molecule has 0 radical (unpaired) electrons. The molecule has 3 atom stereocenters. The minimum Gasteiger partial charge on any atom is -0.379 e. The van der Waals surface area contributed by atoms with Gasteiger partial charge in [0.1, 0.15) is 0 Å². The monoisotopic (exact) mass is 256 g/mol. The highest BCUT2D eigenvalue weighted by atomic mass is 16.5. The molecule has 3 N–H and O–H groups in total. The molecule has 0 spiro atoms. The van der Waals surface area contributed by atoms with Gasteiger partial charge >= 0.3 is 0 Å². The van der Waals surface area contributed by atoms with Crippen LogP contribution in [0, 0.1) is 5.41 Å². The summed E-state index contributed by atoms with van der Waals surface area (Å²) in [5, 5.41) is 3.05. The number of hydrogen-bond donors (Lipinski definition) is 2. The van der Waals surface area contributed by atoms with E-state index >= 15 is 0 Å². The lowest BCUT2D eigenvalue weighted by Crippen LogP contribution is -2.43.